The molecule has 3 rings (SSSR count). The number of halogens is 3. The second-order valence-corrected chi connectivity index (χ2v) is 8.06. The van der Waals surface area contributed by atoms with Gasteiger partial charge >= 0.3 is 0 Å². The van der Waals surface area contributed by atoms with Crippen molar-refractivity contribution in [2.24, 2.45) is 5.14 Å². The van der Waals surface area contributed by atoms with Gasteiger partial charge in [-0.25, -0.2) is 27.0 Å². The molecule has 0 saturated heterocycles. The summed E-state index contributed by atoms with van der Waals surface area (Å²) in [5, 5.41) is 12.1. The SMILES string of the molecule is NS(=O)(=O)c1cc(NC(=O)Cc2ccc(C(F)F)cc2)ccc1-n1cc(Cl)cn1. The summed E-state index contributed by atoms with van der Waals surface area (Å²) in [5.41, 5.74) is 0.757. The first-order valence-corrected chi connectivity index (χ1v) is 10.1. The second kappa shape index (κ2) is 8.27. The van der Waals surface area contributed by atoms with Crippen molar-refractivity contribution in [1.29, 1.82) is 0 Å². The molecule has 1 aromatic heterocycles. The zero-order valence-electron chi connectivity index (χ0n) is 14.7. The number of carbonyl (C=O) groups is 1. The van der Waals surface area contributed by atoms with E-state index in [1.807, 2.05) is 0 Å². The Hall–Kier alpha value is -2.82. The number of alkyl halides is 2. The molecular formula is C18H15ClF2N4O3S. The fourth-order valence-corrected chi connectivity index (χ4v) is 3.49. The first-order valence-electron chi connectivity index (χ1n) is 8.18. The lowest BCUT2D eigenvalue weighted by Crippen LogP contribution is -2.18. The van der Waals surface area contributed by atoms with Crippen LogP contribution in [0.3, 0.4) is 0 Å². The quantitative estimate of drug-likeness (QED) is 0.613. The summed E-state index contributed by atoms with van der Waals surface area (Å²) in [6.45, 7) is 0. The molecule has 0 spiro atoms. The van der Waals surface area contributed by atoms with Crippen molar-refractivity contribution < 1.29 is 22.0 Å². The van der Waals surface area contributed by atoms with E-state index in [4.69, 9.17) is 16.7 Å². The van der Waals surface area contributed by atoms with Crippen LogP contribution in [0.5, 0.6) is 0 Å². The number of rotatable bonds is 6. The molecule has 7 nitrogen and oxygen atoms in total. The molecule has 0 fully saturated rings. The highest BCUT2D eigenvalue weighted by Gasteiger charge is 2.18. The fourth-order valence-electron chi connectivity index (χ4n) is 2.61. The van der Waals surface area contributed by atoms with Crippen molar-refractivity contribution in [2.75, 3.05) is 5.32 Å². The van der Waals surface area contributed by atoms with Crippen molar-refractivity contribution in [1.82, 2.24) is 9.78 Å². The zero-order valence-corrected chi connectivity index (χ0v) is 16.3. The van der Waals surface area contributed by atoms with Crippen LogP contribution in [0.2, 0.25) is 5.02 Å². The average molecular weight is 441 g/mol. The Morgan fingerprint density at radius 3 is 2.45 bits per heavy atom. The lowest BCUT2D eigenvalue weighted by Gasteiger charge is -2.11. The standard InChI is InChI=1S/C18H15ClF2N4O3S/c19-13-9-23-25(10-13)15-6-5-14(8-16(15)29(22,27)28)24-17(26)7-11-1-3-12(4-2-11)18(20)21/h1-6,8-10,18H,7H2,(H,24,26)(H2,22,27,28). The second-order valence-electron chi connectivity index (χ2n) is 6.10. The molecule has 29 heavy (non-hydrogen) atoms. The van der Waals surface area contributed by atoms with Gasteiger partial charge in [-0.05, 0) is 23.8 Å². The molecule has 0 aliphatic rings. The Bertz CT molecular complexity index is 1150. The van der Waals surface area contributed by atoms with Crippen LogP contribution in [-0.4, -0.2) is 24.1 Å². The number of hydrogen-bond acceptors (Lipinski definition) is 4. The molecule has 1 heterocycles. The van der Waals surface area contributed by atoms with Crippen molar-refractivity contribution in [2.45, 2.75) is 17.7 Å². The van der Waals surface area contributed by atoms with Gasteiger partial charge in [0.25, 0.3) is 6.43 Å². The van der Waals surface area contributed by atoms with E-state index in [0.717, 1.165) is 0 Å². The molecule has 0 radical (unpaired) electrons. The Morgan fingerprint density at radius 2 is 1.90 bits per heavy atom. The summed E-state index contributed by atoms with van der Waals surface area (Å²) in [6.07, 6.45) is 0.0823. The number of hydrogen-bond donors (Lipinski definition) is 2. The fraction of sp³-hybridized carbons (Fsp3) is 0.111. The third-order valence-electron chi connectivity index (χ3n) is 3.94. The van der Waals surface area contributed by atoms with E-state index in [0.29, 0.717) is 10.6 Å². The number of benzene rings is 2. The highest BCUT2D eigenvalue weighted by molar-refractivity contribution is 7.89. The topological polar surface area (TPSA) is 107 Å². The van der Waals surface area contributed by atoms with Gasteiger partial charge in [0, 0.05) is 17.4 Å². The average Bonchev–Trinajstić information content (AvgIpc) is 3.07. The van der Waals surface area contributed by atoms with Gasteiger partial charge in [-0.2, -0.15) is 5.10 Å². The monoisotopic (exact) mass is 440 g/mol. The van der Waals surface area contributed by atoms with E-state index < -0.39 is 22.4 Å². The Labute approximate surface area is 170 Å². The van der Waals surface area contributed by atoms with Gasteiger partial charge in [-0.3, -0.25) is 4.79 Å². The number of carbonyl (C=O) groups excluding carboxylic acids is 1. The van der Waals surface area contributed by atoms with Gasteiger partial charge < -0.3 is 5.32 Å². The number of nitrogens with one attached hydrogen (secondary N) is 1. The third-order valence-corrected chi connectivity index (χ3v) is 5.08. The molecule has 0 unspecified atom stereocenters. The van der Waals surface area contributed by atoms with Crippen LogP contribution in [0.4, 0.5) is 14.5 Å². The van der Waals surface area contributed by atoms with E-state index >= 15 is 0 Å². The van der Waals surface area contributed by atoms with Crippen LogP contribution >= 0.6 is 11.6 Å². The van der Waals surface area contributed by atoms with Crippen LogP contribution < -0.4 is 10.5 Å². The van der Waals surface area contributed by atoms with E-state index in [1.54, 1.807) is 0 Å². The smallest absolute Gasteiger partial charge is 0.263 e. The van der Waals surface area contributed by atoms with E-state index in [2.05, 4.69) is 10.4 Å². The molecule has 0 saturated carbocycles. The van der Waals surface area contributed by atoms with Crippen molar-refractivity contribution >= 4 is 33.2 Å². The predicted molar refractivity (Wildman–Crippen MR) is 104 cm³/mol. The minimum atomic E-state index is -4.13. The lowest BCUT2D eigenvalue weighted by atomic mass is 10.1. The molecule has 3 N–H and O–H groups in total. The largest absolute Gasteiger partial charge is 0.326 e. The van der Waals surface area contributed by atoms with Crippen LogP contribution in [0.15, 0.2) is 59.8 Å². The van der Waals surface area contributed by atoms with Crippen molar-refractivity contribution in [3.8, 4) is 5.69 Å². The van der Waals surface area contributed by atoms with Gasteiger partial charge in [0.2, 0.25) is 15.9 Å². The van der Waals surface area contributed by atoms with Crippen molar-refractivity contribution in [3.63, 3.8) is 0 Å². The van der Waals surface area contributed by atoms with E-state index in [1.165, 1.54) is 59.5 Å². The maximum Gasteiger partial charge on any atom is 0.263 e. The van der Waals surface area contributed by atoms with E-state index in [-0.39, 0.29) is 28.3 Å². The summed E-state index contributed by atoms with van der Waals surface area (Å²) in [6, 6.07) is 9.47. The highest BCUT2D eigenvalue weighted by Crippen LogP contribution is 2.24. The number of amides is 1. The van der Waals surface area contributed by atoms with Crippen LogP contribution in [0.25, 0.3) is 5.69 Å². The Balaban J connectivity index is 1.81. The summed E-state index contributed by atoms with van der Waals surface area (Å²) < 4.78 is 50.4. The molecule has 0 aliphatic carbocycles. The van der Waals surface area contributed by atoms with Crippen LogP contribution in [0, 0.1) is 0 Å². The summed E-state index contributed by atoms with van der Waals surface area (Å²) in [7, 11) is -4.13. The molecule has 0 aliphatic heterocycles. The zero-order chi connectivity index (χ0) is 21.2. The number of anilines is 1. The minimum Gasteiger partial charge on any atom is -0.326 e. The maximum absolute atomic E-state index is 12.6. The van der Waals surface area contributed by atoms with E-state index in [9.17, 15) is 22.0 Å². The van der Waals surface area contributed by atoms with Gasteiger partial charge in [0.05, 0.1) is 23.3 Å². The highest BCUT2D eigenvalue weighted by atomic mass is 35.5. The Morgan fingerprint density at radius 1 is 1.21 bits per heavy atom. The number of aromatic nitrogens is 2. The maximum atomic E-state index is 12.6. The molecule has 11 heteroatoms. The summed E-state index contributed by atoms with van der Waals surface area (Å²) in [5.74, 6) is -0.454. The van der Waals surface area contributed by atoms with Crippen LogP contribution in [0.1, 0.15) is 17.6 Å². The number of nitrogens with zero attached hydrogens (tertiary/aromatic N) is 2. The molecule has 1 amide bonds. The molecule has 3 aromatic rings. The van der Waals surface area contributed by atoms with Gasteiger partial charge in [-0.15, -0.1) is 0 Å². The number of sulfonamides is 1. The lowest BCUT2D eigenvalue weighted by molar-refractivity contribution is -0.115. The summed E-state index contributed by atoms with van der Waals surface area (Å²) >= 11 is 5.82. The molecule has 0 atom stereocenters. The normalized spacial score (nSPS) is 11.6. The van der Waals surface area contributed by atoms with Crippen molar-refractivity contribution in [3.05, 3.63) is 71.0 Å². The van der Waals surface area contributed by atoms with Gasteiger partial charge in [-0.1, -0.05) is 35.9 Å². The summed E-state index contributed by atoms with van der Waals surface area (Å²) in [4.78, 5) is 12.0. The molecule has 2 aromatic carbocycles. The van der Waals surface area contributed by atoms with Gasteiger partial charge in [0.1, 0.15) is 4.90 Å². The number of nitrogens with two attached hydrogens (primary N) is 1. The minimum absolute atomic E-state index is 0.0786. The first kappa shape index (κ1) is 20.9. The third kappa shape index (κ3) is 5.17. The molecular weight excluding hydrogens is 426 g/mol. The first-order chi connectivity index (χ1) is 13.6. The number of primary sulfonamides is 1. The Kier molecular flexibility index (Phi) is 5.96. The predicted octanol–water partition coefficient (Wildman–Crippen LogP) is 3.29. The molecule has 0 bridgehead atoms. The van der Waals surface area contributed by atoms with Crippen LogP contribution in [-0.2, 0) is 21.2 Å². The van der Waals surface area contributed by atoms with Gasteiger partial charge in [0.15, 0.2) is 0 Å². The molecule has 152 valence electrons.